The number of nitrogens with zero attached hydrogens (tertiary/aromatic N) is 1. The largest absolute Gasteiger partial charge is 0.478 e. The second kappa shape index (κ2) is 6.59. The van der Waals surface area contributed by atoms with Crippen molar-refractivity contribution >= 4 is 51.9 Å². The van der Waals surface area contributed by atoms with Crippen molar-refractivity contribution in [2.24, 2.45) is 0 Å². The Hall–Kier alpha value is -2.44. The minimum absolute atomic E-state index is 0.166. The maximum absolute atomic E-state index is 12.6. The SMILES string of the molecule is Cc1ccc(/C=C2\SC(=S)N(c3ccc(C(=O)O)cc3)C2=O)cc1. The van der Waals surface area contributed by atoms with E-state index in [9.17, 15) is 9.59 Å². The van der Waals surface area contributed by atoms with Crippen molar-refractivity contribution in [2.45, 2.75) is 6.92 Å². The van der Waals surface area contributed by atoms with Crippen molar-refractivity contribution in [3.05, 3.63) is 70.1 Å². The number of carboxylic acid groups (broad SMARTS) is 1. The first-order valence-corrected chi connectivity index (χ1v) is 8.36. The average molecular weight is 355 g/mol. The number of amides is 1. The highest BCUT2D eigenvalue weighted by molar-refractivity contribution is 8.27. The van der Waals surface area contributed by atoms with E-state index in [1.54, 1.807) is 12.1 Å². The van der Waals surface area contributed by atoms with Crippen LogP contribution >= 0.6 is 24.0 Å². The molecule has 0 atom stereocenters. The Morgan fingerprint density at radius 3 is 2.33 bits per heavy atom. The number of aryl methyl sites for hydroxylation is 1. The molecule has 0 saturated carbocycles. The molecule has 1 amide bonds. The van der Waals surface area contributed by atoms with E-state index in [4.69, 9.17) is 17.3 Å². The van der Waals surface area contributed by atoms with Crippen LogP contribution in [0.3, 0.4) is 0 Å². The van der Waals surface area contributed by atoms with Crippen LogP contribution in [0.25, 0.3) is 6.08 Å². The standard InChI is InChI=1S/C18H13NO3S2/c1-11-2-4-12(5-3-11)10-15-16(20)19(18(23)24-15)14-8-6-13(7-9-14)17(21)22/h2-10H,1H3,(H,21,22)/b15-10-. The predicted molar refractivity (Wildman–Crippen MR) is 100 cm³/mol. The fraction of sp³-hybridized carbons (Fsp3) is 0.0556. The van der Waals surface area contributed by atoms with Crippen molar-refractivity contribution in [3.63, 3.8) is 0 Å². The first-order chi connectivity index (χ1) is 11.5. The predicted octanol–water partition coefficient (Wildman–Crippen LogP) is 4.10. The molecule has 1 heterocycles. The molecular weight excluding hydrogens is 342 g/mol. The summed E-state index contributed by atoms with van der Waals surface area (Å²) in [5.74, 6) is -1.21. The van der Waals surface area contributed by atoms with Gasteiger partial charge in [0, 0.05) is 0 Å². The Kier molecular flexibility index (Phi) is 4.51. The van der Waals surface area contributed by atoms with Crippen LogP contribution in [-0.4, -0.2) is 21.3 Å². The van der Waals surface area contributed by atoms with Gasteiger partial charge in [-0.3, -0.25) is 9.69 Å². The number of anilines is 1. The molecule has 1 fully saturated rings. The van der Waals surface area contributed by atoms with E-state index in [0.717, 1.165) is 11.1 Å². The van der Waals surface area contributed by atoms with Gasteiger partial charge in [0.1, 0.15) is 0 Å². The molecule has 1 aliphatic rings. The lowest BCUT2D eigenvalue weighted by molar-refractivity contribution is -0.113. The lowest BCUT2D eigenvalue weighted by Crippen LogP contribution is -2.27. The van der Waals surface area contributed by atoms with Gasteiger partial charge in [0.15, 0.2) is 4.32 Å². The van der Waals surface area contributed by atoms with E-state index < -0.39 is 5.97 Å². The normalized spacial score (nSPS) is 16.0. The molecule has 0 unspecified atom stereocenters. The van der Waals surface area contributed by atoms with Crippen LogP contribution in [0.5, 0.6) is 0 Å². The maximum atomic E-state index is 12.6. The Morgan fingerprint density at radius 1 is 1.12 bits per heavy atom. The molecule has 1 saturated heterocycles. The molecule has 0 radical (unpaired) electrons. The third-order valence-corrected chi connectivity index (χ3v) is 4.84. The summed E-state index contributed by atoms with van der Waals surface area (Å²) in [4.78, 5) is 25.5. The van der Waals surface area contributed by atoms with Gasteiger partial charge >= 0.3 is 5.97 Å². The number of benzene rings is 2. The molecule has 2 aromatic rings. The van der Waals surface area contributed by atoms with E-state index in [1.165, 1.54) is 28.8 Å². The van der Waals surface area contributed by atoms with Crippen LogP contribution in [0.4, 0.5) is 5.69 Å². The van der Waals surface area contributed by atoms with Crippen LogP contribution in [0, 0.1) is 6.92 Å². The van der Waals surface area contributed by atoms with Crippen LogP contribution < -0.4 is 4.90 Å². The van der Waals surface area contributed by atoms with E-state index >= 15 is 0 Å². The van der Waals surface area contributed by atoms with Crippen LogP contribution in [0.1, 0.15) is 21.5 Å². The van der Waals surface area contributed by atoms with E-state index in [-0.39, 0.29) is 11.5 Å². The fourth-order valence-corrected chi connectivity index (χ4v) is 3.56. The maximum Gasteiger partial charge on any atom is 0.335 e. The van der Waals surface area contributed by atoms with Crippen molar-refractivity contribution in [1.29, 1.82) is 0 Å². The Labute approximate surface area is 148 Å². The van der Waals surface area contributed by atoms with Crippen molar-refractivity contribution in [2.75, 3.05) is 4.90 Å². The topological polar surface area (TPSA) is 57.6 Å². The Bertz CT molecular complexity index is 855. The molecule has 120 valence electrons. The van der Waals surface area contributed by atoms with Gasteiger partial charge in [-0.2, -0.15) is 0 Å². The van der Waals surface area contributed by atoms with Crippen molar-refractivity contribution in [1.82, 2.24) is 0 Å². The number of carbonyl (C=O) groups is 2. The molecule has 0 spiro atoms. The van der Waals surface area contributed by atoms with Gasteiger partial charge in [0.05, 0.1) is 16.2 Å². The summed E-state index contributed by atoms with van der Waals surface area (Å²) < 4.78 is 0.432. The highest BCUT2D eigenvalue weighted by atomic mass is 32.2. The van der Waals surface area contributed by atoms with Crippen LogP contribution in [0.2, 0.25) is 0 Å². The summed E-state index contributed by atoms with van der Waals surface area (Å²) in [6.45, 7) is 2.00. The molecule has 0 aromatic heterocycles. The van der Waals surface area contributed by atoms with E-state index in [2.05, 4.69) is 0 Å². The minimum atomic E-state index is -1.01. The first-order valence-electron chi connectivity index (χ1n) is 7.14. The molecule has 6 heteroatoms. The van der Waals surface area contributed by atoms with E-state index in [0.29, 0.717) is 14.9 Å². The first kappa shape index (κ1) is 16.4. The molecule has 1 aliphatic heterocycles. The monoisotopic (exact) mass is 355 g/mol. The van der Waals surface area contributed by atoms with Crippen molar-refractivity contribution < 1.29 is 14.7 Å². The fourth-order valence-electron chi connectivity index (χ4n) is 2.26. The molecule has 4 nitrogen and oxygen atoms in total. The Balaban J connectivity index is 1.88. The number of carboxylic acids is 1. The number of hydrogen-bond donors (Lipinski definition) is 1. The third-order valence-electron chi connectivity index (χ3n) is 3.54. The van der Waals surface area contributed by atoms with Crippen LogP contribution in [0.15, 0.2) is 53.4 Å². The molecule has 1 N–H and O–H groups in total. The van der Waals surface area contributed by atoms with Gasteiger partial charge in [-0.1, -0.05) is 53.8 Å². The average Bonchev–Trinajstić information content (AvgIpc) is 2.83. The number of thiocarbonyl (C=S) groups is 1. The number of carbonyl (C=O) groups excluding carboxylic acids is 1. The summed E-state index contributed by atoms with van der Waals surface area (Å²) in [6, 6.07) is 14.0. The molecule has 0 bridgehead atoms. The highest BCUT2D eigenvalue weighted by Gasteiger charge is 2.33. The zero-order valence-corrected chi connectivity index (χ0v) is 14.4. The van der Waals surface area contributed by atoms with Gasteiger partial charge in [-0.15, -0.1) is 0 Å². The molecule has 0 aliphatic carbocycles. The molecule has 24 heavy (non-hydrogen) atoms. The number of rotatable bonds is 3. The zero-order chi connectivity index (χ0) is 17.3. The lowest BCUT2D eigenvalue weighted by Gasteiger charge is -2.14. The highest BCUT2D eigenvalue weighted by Crippen LogP contribution is 2.36. The second-order valence-electron chi connectivity index (χ2n) is 5.28. The summed E-state index contributed by atoms with van der Waals surface area (Å²) in [6.07, 6.45) is 1.81. The molecule has 2 aromatic carbocycles. The Morgan fingerprint density at radius 2 is 1.75 bits per heavy atom. The minimum Gasteiger partial charge on any atom is -0.478 e. The van der Waals surface area contributed by atoms with Gasteiger partial charge in [-0.05, 0) is 42.8 Å². The van der Waals surface area contributed by atoms with Gasteiger partial charge in [0.2, 0.25) is 0 Å². The molecule has 3 rings (SSSR count). The summed E-state index contributed by atoms with van der Waals surface area (Å²) in [5.41, 5.74) is 2.81. The smallest absolute Gasteiger partial charge is 0.335 e. The zero-order valence-electron chi connectivity index (χ0n) is 12.7. The quantitative estimate of drug-likeness (QED) is 0.663. The summed E-state index contributed by atoms with van der Waals surface area (Å²) in [7, 11) is 0. The van der Waals surface area contributed by atoms with Gasteiger partial charge < -0.3 is 5.11 Å². The lowest BCUT2D eigenvalue weighted by atomic mass is 10.1. The van der Waals surface area contributed by atoms with Crippen molar-refractivity contribution in [3.8, 4) is 0 Å². The summed E-state index contributed by atoms with van der Waals surface area (Å²) >= 11 is 6.55. The number of thioether (sulfide) groups is 1. The van der Waals surface area contributed by atoms with Gasteiger partial charge in [-0.25, -0.2) is 4.79 Å². The number of hydrogen-bond acceptors (Lipinski definition) is 4. The third kappa shape index (κ3) is 3.25. The number of aromatic carboxylic acids is 1. The van der Waals surface area contributed by atoms with E-state index in [1.807, 2.05) is 37.3 Å². The van der Waals surface area contributed by atoms with Gasteiger partial charge in [0.25, 0.3) is 5.91 Å². The second-order valence-corrected chi connectivity index (χ2v) is 6.96. The molecular formula is C18H13NO3S2. The summed E-state index contributed by atoms with van der Waals surface area (Å²) in [5, 5.41) is 8.95. The van der Waals surface area contributed by atoms with Crippen LogP contribution in [-0.2, 0) is 4.79 Å².